The molecule has 0 radical (unpaired) electrons. The number of fused-ring (bicyclic) bond motifs is 2. The summed E-state index contributed by atoms with van der Waals surface area (Å²) >= 11 is 0. The largest absolute Gasteiger partial charge is 0.508 e. The molecule has 4 aliphatic rings. The zero-order valence-electron chi connectivity index (χ0n) is 23.1. The van der Waals surface area contributed by atoms with E-state index in [9.17, 15) is 10.2 Å². The lowest BCUT2D eigenvalue weighted by Crippen LogP contribution is -2.44. The third-order valence-electron chi connectivity index (χ3n) is 10.3. The van der Waals surface area contributed by atoms with E-state index in [0.29, 0.717) is 24.0 Å². The van der Waals surface area contributed by atoms with Crippen molar-refractivity contribution in [2.24, 2.45) is 17.3 Å². The highest BCUT2D eigenvalue weighted by Crippen LogP contribution is 2.64. The van der Waals surface area contributed by atoms with Gasteiger partial charge < -0.3 is 19.5 Å². The average molecular weight is 502 g/mol. The van der Waals surface area contributed by atoms with Gasteiger partial charge in [0.05, 0.1) is 17.3 Å². The van der Waals surface area contributed by atoms with Crippen LogP contribution in [-0.4, -0.2) is 32.1 Å². The Balaban J connectivity index is 1.35. The Morgan fingerprint density at radius 3 is 2.65 bits per heavy atom. The fourth-order valence-corrected chi connectivity index (χ4v) is 8.40. The molecule has 2 fully saturated rings. The maximum atomic E-state index is 11.8. The molecule has 2 heterocycles. The molecule has 1 aromatic carbocycles. The van der Waals surface area contributed by atoms with Crippen LogP contribution >= 0.6 is 0 Å². The summed E-state index contributed by atoms with van der Waals surface area (Å²) in [4.78, 5) is 0. The number of benzene rings is 1. The second-order valence-electron chi connectivity index (χ2n) is 13.3. The number of allylic oxidation sites excluding steroid dienone is 1. The Hall–Kier alpha value is -2.30. The van der Waals surface area contributed by atoms with Gasteiger partial charge in [0.25, 0.3) is 0 Å². The zero-order valence-corrected chi connectivity index (χ0v) is 23.1. The molecule has 1 spiro atoms. The first-order valence-corrected chi connectivity index (χ1v) is 14.2. The van der Waals surface area contributed by atoms with E-state index in [-0.39, 0.29) is 23.0 Å². The molecule has 6 rings (SSSR count). The van der Waals surface area contributed by atoms with E-state index in [1.165, 1.54) is 28.0 Å². The monoisotopic (exact) mass is 501 g/mol. The van der Waals surface area contributed by atoms with Crippen LogP contribution in [0, 0.1) is 17.3 Å². The van der Waals surface area contributed by atoms with Crippen LogP contribution in [0.3, 0.4) is 0 Å². The van der Waals surface area contributed by atoms with Gasteiger partial charge in [0, 0.05) is 36.7 Å². The van der Waals surface area contributed by atoms with Crippen LogP contribution < -0.4 is 0 Å². The number of hydrogen-bond acceptors (Lipinski definition) is 3. The lowest BCUT2D eigenvalue weighted by atomic mass is 9.64. The summed E-state index contributed by atoms with van der Waals surface area (Å²) in [6, 6.07) is 7.52. The van der Waals surface area contributed by atoms with Crippen LogP contribution in [0.4, 0.5) is 0 Å². The average Bonchev–Trinajstić information content (AvgIpc) is 3.46. The predicted octanol–water partition coefficient (Wildman–Crippen LogP) is 6.79. The smallest absolute Gasteiger partial charge is 0.115 e. The van der Waals surface area contributed by atoms with E-state index in [2.05, 4.69) is 63.6 Å². The number of nitrogens with zero attached hydrogens (tertiary/aromatic N) is 1. The molecule has 37 heavy (non-hydrogen) atoms. The van der Waals surface area contributed by atoms with Gasteiger partial charge in [-0.05, 0) is 93.0 Å². The van der Waals surface area contributed by atoms with Crippen molar-refractivity contribution in [3.05, 3.63) is 70.6 Å². The van der Waals surface area contributed by atoms with Gasteiger partial charge in [-0.3, -0.25) is 0 Å². The van der Waals surface area contributed by atoms with Crippen LogP contribution in [0.2, 0.25) is 0 Å². The van der Waals surface area contributed by atoms with Gasteiger partial charge in [-0.15, -0.1) is 0 Å². The number of aliphatic hydroxyl groups is 1. The van der Waals surface area contributed by atoms with Gasteiger partial charge in [0.2, 0.25) is 0 Å². The topological polar surface area (TPSA) is 54.6 Å². The fourth-order valence-electron chi connectivity index (χ4n) is 8.40. The minimum atomic E-state index is -0.734. The Bertz CT molecular complexity index is 1250. The molecule has 2 N–H and O–H groups in total. The Kier molecular flexibility index (Phi) is 5.82. The van der Waals surface area contributed by atoms with E-state index in [4.69, 9.17) is 4.74 Å². The lowest BCUT2D eigenvalue weighted by Gasteiger charge is -2.43. The summed E-state index contributed by atoms with van der Waals surface area (Å²) in [6.07, 6.45) is 15.6. The van der Waals surface area contributed by atoms with Crippen LogP contribution in [0.5, 0.6) is 5.75 Å². The summed E-state index contributed by atoms with van der Waals surface area (Å²) in [6.45, 7) is 12.1. The van der Waals surface area contributed by atoms with Crippen molar-refractivity contribution in [2.45, 2.75) is 103 Å². The summed E-state index contributed by atoms with van der Waals surface area (Å²) in [5.74, 6) is 1.31. The number of aromatic nitrogens is 1. The number of ether oxygens (including phenoxy) is 1. The Morgan fingerprint density at radius 1 is 1.16 bits per heavy atom. The van der Waals surface area contributed by atoms with E-state index in [1.54, 1.807) is 12.1 Å². The number of phenols is 1. The highest BCUT2D eigenvalue weighted by molar-refractivity contribution is 5.61. The van der Waals surface area contributed by atoms with Crippen LogP contribution in [-0.2, 0) is 24.1 Å². The molecule has 7 atom stereocenters. The van der Waals surface area contributed by atoms with Crippen molar-refractivity contribution < 1.29 is 14.9 Å². The highest BCUT2D eigenvalue weighted by atomic mass is 16.5. The van der Waals surface area contributed by atoms with Gasteiger partial charge in [0.15, 0.2) is 0 Å². The number of aromatic hydroxyl groups is 1. The molecule has 1 aliphatic heterocycles. The summed E-state index contributed by atoms with van der Waals surface area (Å²) < 4.78 is 9.36. The van der Waals surface area contributed by atoms with E-state index in [1.807, 2.05) is 12.1 Å². The fraction of sp³-hybridized carbons (Fsp3) is 0.576. The SMILES string of the molecule is CC(C)=C[C@H]1C[C@H](C)[C@]2(CC[C@]3(C)C[C@H]4c5c(cn(CCc6ccc(O)cc6)c5C[C@@]4(C)O)/C=C\[C@H]32)O1. The molecule has 2 aromatic rings. The molecule has 1 aromatic heterocycles. The first kappa shape index (κ1) is 25.0. The molecule has 0 amide bonds. The third-order valence-corrected chi connectivity index (χ3v) is 10.3. The highest BCUT2D eigenvalue weighted by Gasteiger charge is 2.62. The van der Waals surface area contributed by atoms with Crippen molar-refractivity contribution in [3.63, 3.8) is 0 Å². The summed E-state index contributed by atoms with van der Waals surface area (Å²) in [5.41, 5.74) is 5.75. The van der Waals surface area contributed by atoms with Crippen molar-refractivity contribution in [3.8, 4) is 5.75 Å². The predicted molar refractivity (Wildman–Crippen MR) is 149 cm³/mol. The molecular weight excluding hydrogens is 458 g/mol. The quantitative estimate of drug-likeness (QED) is 0.454. The zero-order chi connectivity index (χ0) is 26.2. The lowest BCUT2D eigenvalue weighted by molar-refractivity contribution is -0.0744. The molecule has 0 unspecified atom stereocenters. The van der Waals surface area contributed by atoms with Crippen LogP contribution in [0.15, 0.2) is 48.2 Å². The minimum Gasteiger partial charge on any atom is -0.508 e. The number of phenolic OH excluding ortho intramolecular Hbond substituents is 1. The summed E-state index contributed by atoms with van der Waals surface area (Å²) in [5, 5.41) is 21.4. The van der Waals surface area contributed by atoms with Gasteiger partial charge in [0.1, 0.15) is 5.75 Å². The number of rotatable bonds is 4. The van der Waals surface area contributed by atoms with Crippen molar-refractivity contribution >= 4 is 6.08 Å². The molecule has 4 nitrogen and oxygen atoms in total. The van der Waals surface area contributed by atoms with E-state index in [0.717, 1.165) is 38.6 Å². The molecular formula is C33H43NO3. The number of hydrogen-bond donors (Lipinski definition) is 2. The van der Waals surface area contributed by atoms with Gasteiger partial charge in [-0.1, -0.05) is 49.8 Å². The Labute approximate surface area is 222 Å². The molecule has 0 bridgehead atoms. The molecule has 1 saturated carbocycles. The van der Waals surface area contributed by atoms with E-state index >= 15 is 0 Å². The van der Waals surface area contributed by atoms with Gasteiger partial charge in [-0.25, -0.2) is 0 Å². The first-order valence-electron chi connectivity index (χ1n) is 14.2. The first-order chi connectivity index (χ1) is 17.5. The minimum absolute atomic E-state index is 0.104. The molecule has 198 valence electrons. The molecule has 3 aliphatic carbocycles. The van der Waals surface area contributed by atoms with Crippen LogP contribution in [0.25, 0.3) is 6.08 Å². The Morgan fingerprint density at radius 2 is 1.92 bits per heavy atom. The van der Waals surface area contributed by atoms with Crippen molar-refractivity contribution in [1.29, 1.82) is 0 Å². The third kappa shape index (κ3) is 4.03. The molecule has 1 saturated heterocycles. The second kappa shape index (κ2) is 8.61. The summed E-state index contributed by atoms with van der Waals surface area (Å²) in [7, 11) is 0. The van der Waals surface area contributed by atoms with Crippen LogP contribution in [0.1, 0.15) is 88.6 Å². The maximum Gasteiger partial charge on any atom is 0.115 e. The van der Waals surface area contributed by atoms with Crippen molar-refractivity contribution in [2.75, 3.05) is 0 Å². The maximum absolute atomic E-state index is 11.8. The normalized spacial score (nSPS) is 38.8. The number of aryl methyl sites for hydroxylation is 2. The van der Waals surface area contributed by atoms with Gasteiger partial charge in [-0.2, -0.15) is 0 Å². The van der Waals surface area contributed by atoms with Gasteiger partial charge >= 0.3 is 0 Å². The second-order valence-corrected chi connectivity index (χ2v) is 13.3. The standard InChI is InChI=1S/C33H43NO3/c1-21(2)16-26-17-22(3)33(37-26)14-13-31(4)18-27-30-24(8-11-29(31)33)20-34(28(30)19-32(27,5)36)15-12-23-6-9-25(35)10-7-23/h6-11,16,20,22,26-27,29,35-36H,12-15,17-19H2,1-5H3/b11-8-/t22-,26-,27-,29+,31+,32+,33-/m0/s1. The van der Waals surface area contributed by atoms with E-state index < -0.39 is 5.60 Å². The van der Waals surface area contributed by atoms with Crippen molar-refractivity contribution in [1.82, 2.24) is 4.57 Å². The molecule has 4 heteroatoms.